The van der Waals surface area contributed by atoms with Gasteiger partial charge in [-0.2, -0.15) is 0 Å². The van der Waals surface area contributed by atoms with Crippen molar-refractivity contribution in [2.75, 3.05) is 6.54 Å². The summed E-state index contributed by atoms with van der Waals surface area (Å²) >= 11 is 3.65. The van der Waals surface area contributed by atoms with Crippen LogP contribution < -0.4 is 5.32 Å². The zero-order chi connectivity index (χ0) is 14.5. The number of nitrogens with zero attached hydrogens (tertiary/aromatic N) is 3. The summed E-state index contributed by atoms with van der Waals surface area (Å²) in [6.45, 7) is 5.29. The smallest absolute Gasteiger partial charge is 0.191 e. The first-order chi connectivity index (χ1) is 10.3. The highest BCUT2D eigenvalue weighted by Gasteiger charge is 2.17. The maximum atomic E-state index is 4.39. The average molecular weight is 323 g/mol. The molecule has 0 aliphatic carbocycles. The normalized spacial score (nSPS) is 16.4. The van der Waals surface area contributed by atoms with Gasteiger partial charge in [0.1, 0.15) is 5.82 Å². The average Bonchev–Trinajstić information content (AvgIpc) is 3.05. The highest BCUT2D eigenvalue weighted by atomic mass is 32.2. The van der Waals surface area contributed by atoms with E-state index in [0.717, 1.165) is 31.2 Å². The standard InChI is InChI=1S/C15H22N4S2/c1-12(10-16-11-13-6-5-9-20-13)21-15-18-17-14-7-3-2-4-8-19(14)15/h5-6,9,12,16H,2-4,7-8,10-11H2,1H3. The second-order valence-corrected chi connectivity index (χ2v) is 7.94. The van der Waals surface area contributed by atoms with E-state index in [9.17, 15) is 0 Å². The van der Waals surface area contributed by atoms with Gasteiger partial charge in [0.15, 0.2) is 5.16 Å². The molecule has 1 aliphatic rings. The summed E-state index contributed by atoms with van der Waals surface area (Å²) in [6, 6.07) is 4.28. The molecule has 114 valence electrons. The Balaban J connectivity index is 1.50. The highest BCUT2D eigenvalue weighted by Crippen LogP contribution is 2.24. The molecule has 0 fully saturated rings. The molecule has 1 aliphatic heterocycles. The number of thiophene rings is 1. The number of aryl methyl sites for hydroxylation is 1. The Morgan fingerprint density at radius 2 is 2.33 bits per heavy atom. The molecular weight excluding hydrogens is 300 g/mol. The molecule has 0 saturated carbocycles. The summed E-state index contributed by atoms with van der Waals surface area (Å²) < 4.78 is 2.33. The van der Waals surface area contributed by atoms with Gasteiger partial charge in [0.25, 0.3) is 0 Å². The fourth-order valence-corrected chi connectivity index (χ4v) is 4.23. The van der Waals surface area contributed by atoms with E-state index in [1.165, 1.54) is 30.0 Å². The van der Waals surface area contributed by atoms with E-state index in [-0.39, 0.29) is 0 Å². The fraction of sp³-hybridized carbons (Fsp3) is 0.600. The molecule has 0 bridgehead atoms. The van der Waals surface area contributed by atoms with Crippen molar-refractivity contribution in [3.63, 3.8) is 0 Å². The van der Waals surface area contributed by atoms with Crippen LogP contribution in [0.1, 0.15) is 36.9 Å². The predicted octanol–water partition coefficient (Wildman–Crippen LogP) is 3.34. The molecule has 4 nitrogen and oxygen atoms in total. The van der Waals surface area contributed by atoms with Gasteiger partial charge in [-0.25, -0.2) is 0 Å². The predicted molar refractivity (Wildman–Crippen MR) is 88.9 cm³/mol. The molecule has 2 aromatic rings. The molecule has 1 unspecified atom stereocenters. The van der Waals surface area contributed by atoms with Crippen molar-refractivity contribution in [2.24, 2.45) is 0 Å². The van der Waals surface area contributed by atoms with Gasteiger partial charge in [-0.15, -0.1) is 21.5 Å². The third-order valence-electron chi connectivity index (χ3n) is 3.69. The van der Waals surface area contributed by atoms with Crippen LogP contribution in [0.2, 0.25) is 0 Å². The highest BCUT2D eigenvalue weighted by molar-refractivity contribution is 7.99. The first kappa shape index (κ1) is 15.1. The van der Waals surface area contributed by atoms with E-state index < -0.39 is 0 Å². The van der Waals surface area contributed by atoms with Crippen LogP contribution in [0.25, 0.3) is 0 Å². The van der Waals surface area contributed by atoms with Crippen molar-refractivity contribution < 1.29 is 0 Å². The number of nitrogens with one attached hydrogen (secondary N) is 1. The lowest BCUT2D eigenvalue weighted by Crippen LogP contribution is -2.22. The number of hydrogen-bond acceptors (Lipinski definition) is 5. The summed E-state index contributed by atoms with van der Waals surface area (Å²) in [6.07, 6.45) is 4.90. The van der Waals surface area contributed by atoms with E-state index in [2.05, 4.69) is 44.5 Å². The van der Waals surface area contributed by atoms with E-state index in [1.807, 2.05) is 11.8 Å². The number of thioether (sulfide) groups is 1. The molecule has 0 saturated heterocycles. The Hall–Kier alpha value is -0.850. The molecule has 3 rings (SSSR count). The van der Waals surface area contributed by atoms with Crippen molar-refractivity contribution in [3.8, 4) is 0 Å². The maximum Gasteiger partial charge on any atom is 0.191 e. The molecule has 6 heteroatoms. The lowest BCUT2D eigenvalue weighted by Gasteiger charge is -2.12. The molecule has 0 spiro atoms. The second kappa shape index (κ2) is 7.42. The Bertz CT molecular complexity index is 550. The van der Waals surface area contributed by atoms with Crippen molar-refractivity contribution in [1.29, 1.82) is 0 Å². The van der Waals surface area contributed by atoms with Crippen LogP contribution in [0.3, 0.4) is 0 Å². The van der Waals surface area contributed by atoms with Crippen LogP contribution in [0, 0.1) is 0 Å². The van der Waals surface area contributed by atoms with Gasteiger partial charge in [0, 0.05) is 36.2 Å². The van der Waals surface area contributed by atoms with Crippen LogP contribution >= 0.6 is 23.1 Å². The first-order valence-electron chi connectivity index (χ1n) is 7.65. The fourth-order valence-electron chi connectivity index (χ4n) is 2.58. The molecular formula is C15H22N4S2. The molecule has 0 amide bonds. The molecule has 0 aromatic carbocycles. The molecule has 1 N–H and O–H groups in total. The molecule has 0 radical (unpaired) electrons. The summed E-state index contributed by atoms with van der Waals surface area (Å²) in [5, 5.41) is 16.0. The number of aromatic nitrogens is 3. The summed E-state index contributed by atoms with van der Waals surface area (Å²) in [5.41, 5.74) is 0. The minimum Gasteiger partial charge on any atom is -0.311 e. The quantitative estimate of drug-likeness (QED) is 0.828. The number of rotatable bonds is 6. The Morgan fingerprint density at radius 1 is 1.38 bits per heavy atom. The Labute approximate surface area is 134 Å². The summed E-state index contributed by atoms with van der Waals surface area (Å²) in [7, 11) is 0. The van der Waals surface area contributed by atoms with E-state index in [0.29, 0.717) is 5.25 Å². The minimum absolute atomic E-state index is 0.501. The lowest BCUT2D eigenvalue weighted by atomic mass is 10.2. The first-order valence-corrected chi connectivity index (χ1v) is 9.40. The van der Waals surface area contributed by atoms with Gasteiger partial charge in [-0.1, -0.05) is 31.2 Å². The van der Waals surface area contributed by atoms with Crippen LogP contribution in [0.5, 0.6) is 0 Å². The van der Waals surface area contributed by atoms with E-state index in [1.54, 1.807) is 11.3 Å². The Kier molecular flexibility index (Phi) is 5.32. The van der Waals surface area contributed by atoms with Crippen LogP contribution in [0.4, 0.5) is 0 Å². The molecule has 2 aromatic heterocycles. The molecule has 21 heavy (non-hydrogen) atoms. The third-order valence-corrected chi connectivity index (χ3v) is 5.65. The van der Waals surface area contributed by atoms with Gasteiger partial charge in [0.2, 0.25) is 0 Å². The monoisotopic (exact) mass is 322 g/mol. The minimum atomic E-state index is 0.501. The number of fused-ring (bicyclic) bond motifs is 1. The molecule has 3 heterocycles. The summed E-state index contributed by atoms with van der Waals surface area (Å²) in [5.74, 6) is 1.17. The van der Waals surface area contributed by atoms with Crippen molar-refractivity contribution in [3.05, 3.63) is 28.2 Å². The van der Waals surface area contributed by atoms with Gasteiger partial charge in [-0.3, -0.25) is 0 Å². The maximum absolute atomic E-state index is 4.39. The third kappa shape index (κ3) is 4.08. The topological polar surface area (TPSA) is 42.7 Å². The summed E-state index contributed by atoms with van der Waals surface area (Å²) in [4.78, 5) is 1.39. The zero-order valence-corrected chi connectivity index (χ0v) is 14.1. The van der Waals surface area contributed by atoms with E-state index in [4.69, 9.17) is 0 Å². The van der Waals surface area contributed by atoms with Gasteiger partial charge in [0.05, 0.1) is 0 Å². The van der Waals surface area contributed by atoms with E-state index >= 15 is 0 Å². The SMILES string of the molecule is CC(CNCc1cccs1)Sc1nnc2n1CCCCC2. The zero-order valence-electron chi connectivity index (χ0n) is 12.4. The van der Waals surface area contributed by atoms with Crippen molar-refractivity contribution in [1.82, 2.24) is 20.1 Å². The lowest BCUT2D eigenvalue weighted by molar-refractivity contribution is 0.589. The van der Waals surface area contributed by atoms with Crippen LogP contribution in [-0.2, 0) is 19.5 Å². The number of hydrogen-bond donors (Lipinski definition) is 1. The second-order valence-electron chi connectivity index (χ2n) is 5.50. The van der Waals surface area contributed by atoms with Gasteiger partial charge in [-0.05, 0) is 24.3 Å². The van der Waals surface area contributed by atoms with Crippen LogP contribution in [-0.4, -0.2) is 26.6 Å². The van der Waals surface area contributed by atoms with Crippen molar-refractivity contribution in [2.45, 2.75) is 56.1 Å². The van der Waals surface area contributed by atoms with Gasteiger partial charge < -0.3 is 9.88 Å². The van der Waals surface area contributed by atoms with Crippen LogP contribution in [0.15, 0.2) is 22.7 Å². The largest absolute Gasteiger partial charge is 0.311 e. The molecule has 1 atom stereocenters. The Morgan fingerprint density at radius 3 is 3.19 bits per heavy atom. The van der Waals surface area contributed by atoms with Gasteiger partial charge >= 0.3 is 0 Å². The van der Waals surface area contributed by atoms with Crippen molar-refractivity contribution >= 4 is 23.1 Å².